The van der Waals surface area contributed by atoms with Gasteiger partial charge in [0.1, 0.15) is 11.7 Å². The smallest absolute Gasteiger partial charge is 0.262 e. The van der Waals surface area contributed by atoms with Crippen molar-refractivity contribution in [3.8, 4) is 0 Å². The van der Waals surface area contributed by atoms with Crippen LogP contribution in [0.2, 0.25) is 0 Å². The van der Waals surface area contributed by atoms with E-state index in [2.05, 4.69) is 78.1 Å². The zero-order valence-corrected chi connectivity index (χ0v) is 18.4. The van der Waals surface area contributed by atoms with E-state index in [-0.39, 0.29) is 24.0 Å². The van der Waals surface area contributed by atoms with Crippen molar-refractivity contribution in [1.29, 1.82) is 0 Å². The number of halogens is 1. The van der Waals surface area contributed by atoms with E-state index in [9.17, 15) is 0 Å². The lowest BCUT2D eigenvalue weighted by Crippen LogP contribution is -3.00. The molecule has 3 aromatic rings. The molecule has 0 saturated carbocycles. The maximum Gasteiger partial charge on any atom is 0.262 e. The summed E-state index contributed by atoms with van der Waals surface area (Å²) in [7, 11) is 2.15. The second kappa shape index (κ2) is 8.53. The maximum absolute atomic E-state index is 2.51. The van der Waals surface area contributed by atoms with Crippen molar-refractivity contribution < 1.29 is 28.5 Å². The minimum atomic E-state index is 0. The molecule has 0 aliphatic carbocycles. The summed E-state index contributed by atoms with van der Waals surface area (Å²) >= 11 is 1.85. The van der Waals surface area contributed by atoms with Gasteiger partial charge in [-0.05, 0) is 61.6 Å². The molecule has 1 aromatic heterocycles. The Labute approximate surface area is 177 Å². The molecular formula is C22H25IN2S. The van der Waals surface area contributed by atoms with Gasteiger partial charge in [-0.2, -0.15) is 4.57 Å². The minimum absolute atomic E-state index is 0. The van der Waals surface area contributed by atoms with Crippen molar-refractivity contribution in [2.24, 2.45) is 7.05 Å². The van der Waals surface area contributed by atoms with Crippen LogP contribution in [-0.2, 0) is 7.05 Å². The monoisotopic (exact) mass is 476 g/mol. The third-order valence-electron chi connectivity index (χ3n) is 5.05. The summed E-state index contributed by atoms with van der Waals surface area (Å²) < 4.78 is 3.63. The van der Waals surface area contributed by atoms with E-state index in [1.54, 1.807) is 0 Å². The fourth-order valence-electron chi connectivity index (χ4n) is 3.54. The maximum atomic E-state index is 2.51. The largest absolute Gasteiger partial charge is 1.00 e. The predicted molar refractivity (Wildman–Crippen MR) is 109 cm³/mol. The van der Waals surface area contributed by atoms with E-state index in [4.69, 9.17) is 0 Å². The van der Waals surface area contributed by atoms with Gasteiger partial charge in [0, 0.05) is 30.9 Å². The molecule has 4 heteroatoms. The molecule has 0 amide bonds. The van der Waals surface area contributed by atoms with Gasteiger partial charge in [0.25, 0.3) is 5.01 Å². The first-order valence-electron chi connectivity index (χ1n) is 9.13. The zero-order chi connectivity index (χ0) is 17.2. The first-order valence-corrected chi connectivity index (χ1v) is 9.95. The van der Waals surface area contributed by atoms with Crippen LogP contribution in [0.1, 0.15) is 35.4 Å². The van der Waals surface area contributed by atoms with E-state index < -0.39 is 0 Å². The number of benzene rings is 2. The van der Waals surface area contributed by atoms with E-state index in [1.165, 1.54) is 64.4 Å². The van der Waals surface area contributed by atoms with E-state index in [0.29, 0.717) is 0 Å². The molecule has 136 valence electrons. The molecule has 2 aromatic carbocycles. The van der Waals surface area contributed by atoms with Crippen LogP contribution in [0.3, 0.4) is 0 Å². The summed E-state index contributed by atoms with van der Waals surface area (Å²) in [6.07, 6.45) is 8.48. The minimum Gasteiger partial charge on any atom is -1.00 e. The molecule has 0 bridgehead atoms. The van der Waals surface area contributed by atoms with Crippen molar-refractivity contribution >= 4 is 39.4 Å². The van der Waals surface area contributed by atoms with Gasteiger partial charge >= 0.3 is 0 Å². The fourth-order valence-corrected chi connectivity index (χ4v) is 4.69. The summed E-state index contributed by atoms with van der Waals surface area (Å²) in [6, 6.07) is 15.7. The Morgan fingerprint density at radius 1 is 0.962 bits per heavy atom. The molecule has 0 unspecified atom stereocenters. The van der Waals surface area contributed by atoms with Crippen LogP contribution in [0, 0.1) is 6.92 Å². The van der Waals surface area contributed by atoms with E-state index in [0.717, 1.165) is 0 Å². The predicted octanol–water partition coefficient (Wildman–Crippen LogP) is 2.20. The summed E-state index contributed by atoms with van der Waals surface area (Å²) in [5.74, 6) is 0. The first kappa shape index (κ1) is 19.4. The van der Waals surface area contributed by atoms with Crippen LogP contribution in [0.4, 0.5) is 5.69 Å². The van der Waals surface area contributed by atoms with Gasteiger partial charge in [-0.25, -0.2) is 0 Å². The lowest BCUT2D eigenvalue weighted by Gasteiger charge is -2.28. The van der Waals surface area contributed by atoms with Crippen molar-refractivity contribution in [1.82, 2.24) is 0 Å². The second-order valence-electron chi connectivity index (χ2n) is 6.94. The van der Waals surface area contributed by atoms with Crippen LogP contribution in [0.25, 0.3) is 22.4 Å². The molecule has 1 saturated heterocycles. The molecule has 0 spiro atoms. The Bertz CT molecular complexity index is 906. The number of nitrogens with zero attached hydrogens (tertiary/aromatic N) is 2. The Morgan fingerprint density at radius 3 is 2.42 bits per heavy atom. The van der Waals surface area contributed by atoms with Gasteiger partial charge in [0.2, 0.25) is 5.52 Å². The van der Waals surface area contributed by atoms with Gasteiger partial charge in [0.05, 0.1) is 0 Å². The first-order chi connectivity index (χ1) is 12.2. The topological polar surface area (TPSA) is 7.12 Å². The number of hydrogen-bond acceptors (Lipinski definition) is 2. The third kappa shape index (κ3) is 4.12. The zero-order valence-electron chi connectivity index (χ0n) is 15.4. The number of rotatable bonds is 3. The number of thiazole rings is 1. The molecule has 4 rings (SSSR count). The van der Waals surface area contributed by atoms with Gasteiger partial charge in [-0.1, -0.05) is 29.5 Å². The molecule has 0 atom stereocenters. The van der Waals surface area contributed by atoms with Gasteiger partial charge in [0.15, 0.2) is 0 Å². The number of piperidine rings is 1. The number of fused-ring (bicyclic) bond motifs is 1. The highest BCUT2D eigenvalue weighted by molar-refractivity contribution is 7.18. The fraction of sp³-hybridized carbons (Fsp3) is 0.318. The lowest BCUT2D eigenvalue weighted by atomic mass is 10.1. The van der Waals surface area contributed by atoms with Crippen molar-refractivity contribution in [3.05, 3.63) is 58.6 Å². The SMILES string of the molecule is Cc1ccc2c(c1)sc(C=Cc1ccc(N3CCCCC3)cc1)[n+]2C.[I-]. The second-order valence-corrected chi connectivity index (χ2v) is 8.01. The van der Waals surface area contributed by atoms with Gasteiger partial charge in [-0.15, -0.1) is 0 Å². The Kier molecular flexibility index (Phi) is 6.35. The average molecular weight is 476 g/mol. The number of aromatic nitrogens is 1. The normalized spacial score (nSPS) is 14.8. The molecule has 2 heterocycles. The van der Waals surface area contributed by atoms with Crippen molar-refractivity contribution in [2.75, 3.05) is 18.0 Å². The molecule has 2 nitrogen and oxygen atoms in total. The summed E-state index contributed by atoms with van der Waals surface area (Å²) in [5.41, 5.74) is 5.24. The number of hydrogen-bond donors (Lipinski definition) is 0. The molecule has 26 heavy (non-hydrogen) atoms. The van der Waals surface area contributed by atoms with E-state index >= 15 is 0 Å². The van der Waals surface area contributed by atoms with Crippen LogP contribution in [0.15, 0.2) is 42.5 Å². The molecular weight excluding hydrogens is 451 g/mol. The lowest BCUT2D eigenvalue weighted by molar-refractivity contribution is -0.642. The molecule has 1 aliphatic rings. The van der Waals surface area contributed by atoms with Gasteiger partial charge < -0.3 is 28.9 Å². The highest BCUT2D eigenvalue weighted by atomic mass is 127. The molecule has 0 N–H and O–H groups in total. The van der Waals surface area contributed by atoms with E-state index in [1.807, 2.05) is 11.3 Å². The van der Waals surface area contributed by atoms with Crippen LogP contribution in [0.5, 0.6) is 0 Å². The molecule has 1 aliphatic heterocycles. The summed E-state index contributed by atoms with van der Waals surface area (Å²) in [4.78, 5) is 2.51. The standard InChI is InChI=1S/C22H25N2S.HI/c1-17-6-12-20-21(16-17)25-22(23(20)2)13-9-18-7-10-19(11-8-18)24-14-4-3-5-15-24;/h6-13,16H,3-5,14-15H2,1-2H3;1H/q+1;/p-1. The number of aryl methyl sites for hydroxylation is 2. The van der Waals surface area contributed by atoms with Crippen molar-refractivity contribution in [2.45, 2.75) is 26.2 Å². The highest BCUT2D eigenvalue weighted by Crippen LogP contribution is 2.24. The van der Waals surface area contributed by atoms with Crippen LogP contribution >= 0.6 is 11.3 Å². The average Bonchev–Trinajstić information content (AvgIpc) is 2.96. The Balaban J connectivity index is 0.00000196. The Morgan fingerprint density at radius 2 is 1.69 bits per heavy atom. The van der Waals surface area contributed by atoms with Gasteiger partial charge in [-0.3, -0.25) is 0 Å². The van der Waals surface area contributed by atoms with Crippen LogP contribution < -0.4 is 33.4 Å². The Hall–Kier alpha value is -1.40. The van der Waals surface area contributed by atoms with Crippen LogP contribution in [-0.4, -0.2) is 13.1 Å². The third-order valence-corrected chi connectivity index (χ3v) is 6.22. The number of anilines is 1. The highest BCUT2D eigenvalue weighted by Gasteiger charge is 2.14. The molecule has 0 radical (unpaired) electrons. The summed E-state index contributed by atoms with van der Waals surface area (Å²) in [6.45, 7) is 4.55. The summed E-state index contributed by atoms with van der Waals surface area (Å²) in [5, 5.41) is 1.28. The molecule has 1 fully saturated rings. The quantitative estimate of drug-likeness (QED) is 0.416. The van der Waals surface area contributed by atoms with Crippen molar-refractivity contribution in [3.63, 3.8) is 0 Å².